The van der Waals surface area contributed by atoms with Gasteiger partial charge in [-0.3, -0.25) is 9.59 Å². The molecule has 2 aromatic rings. The van der Waals surface area contributed by atoms with E-state index < -0.39 is 28.7 Å². The van der Waals surface area contributed by atoms with Crippen LogP contribution in [0.2, 0.25) is 0 Å². The van der Waals surface area contributed by atoms with Gasteiger partial charge in [-0.25, -0.2) is 8.78 Å². The Morgan fingerprint density at radius 2 is 2.00 bits per heavy atom. The second kappa shape index (κ2) is 6.29. The van der Waals surface area contributed by atoms with Gasteiger partial charge in [-0.2, -0.15) is 0 Å². The van der Waals surface area contributed by atoms with E-state index in [1.165, 1.54) is 13.0 Å². The molecule has 0 saturated carbocycles. The van der Waals surface area contributed by atoms with Gasteiger partial charge in [0.1, 0.15) is 22.8 Å². The molecule has 1 heterocycles. The third-order valence-electron chi connectivity index (χ3n) is 3.40. The molecule has 23 heavy (non-hydrogen) atoms. The first-order chi connectivity index (χ1) is 10.7. The Morgan fingerprint density at radius 1 is 1.30 bits per heavy atom. The molecular formula is C16H16F2N2O3. The summed E-state index contributed by atoms with van der Waals surface area (Å²) in [6.07, 6.45) is 0. The number of carbonyl (C=O) groups excluding carboxylic acids is 1. The molecule has 0 spiro atoms. The van der Waals surface area contributed by atoms with E-state index in [9.17, 15) is 23.5 Å². The standard InChI is InChI=1S/C16H16F2N2O3/c1-9-3-5-11(15(22)20-9)14(21)19-8-16(2,23)12-6-4-10(17)7-13(12)18/h3-7,23H,8H2,1-2H3,(H,19,21)(H,20,22)/t16-/m0/s1. The molecule has 0 saturated heterocycles. The molecule has 5 nitrogen and oxygen atoms in total. The smallest absolute Gasteiger partial charge is 0.260 e. The predicted molar refractivity (Wildman–Crippen MR) is 80.1 cm³/mol. The van der Waals surface area contributed by atoms with E-state index in [4.69, 9.17) is 0 Å². The molecule has 1 aromatic heterocycles. The summed E-state index contributed by atoms with van der Waals surface area (Å²) < 4.78 is 26.7. The number of hydrogen-bond donors (Lipinski definition) is 3. The zero-order chi connectivity index (χ0) is 17.2. The number of halogens is 2. The number of aromatic nitrogens is 1. The van der Waals surface area contributed by atoms with Gasteiger partial charge in [0, 0.05) is 17.3 Å². The van der Waals surface area contributed by atoms with Gasteiger partial charge < -0.3 is 15.4 Å². The predicted octanol–water partition coefficient (Wildman–Crippen LogP) is 1.60. The van der Waals surface area contributed by atoms with Crippen molar-refractivity contribution in [2.75, 3.05) is 6.54 Å². The van der Waals surface area contributed by atoms with E-state index in [0.29, 0.717) is 11.8 Å². The van der Waals surface area contributed by atoms with Crippen LogP contribution in [0.25, 0.3) is 0 Å². The van der Waals surface area contributed by atoms with Crippen molar-refractivity contribution in [2.45, 2.75) is 19.4 Å². The largest absolute Gasteiger partial charge is 0.383 e. The maximum Gasteiger partial charge on any atom is 0.260 e. The third-order valence-corrected chi connectivity index (χ3v) is 3.40. The van der Waals surface area contributed by atoms with Crippen LogP contribution < -0.4 is 10.9 Å². The molecule has 0 radical (unpaired) electrons. The average molecular weight is 322 g/mol. The quantitative estimate of drug-likeness (QED) is 0.799. The minimum Gasteiger partial charge on any atom is -0.383 e. The van der Waals surface area contributed by atoms with Crippen molar-refractivity contribution in [3.8, 4) is 0 Å². The summed E-state index contributed by atoms with van der Waals surface area (Å²) in [5.74, 6) is -2.39. The fourth-order valence-corrected chi connectivity index (χ4v) is 2.12. The van der Waals surface area contributed by atoms with Gasteiger partial charge in [-0.05, 0) is 32.0 Å². The number of benzene rings is 1. The molecule has 0 aliphatic carbocycles. The van der Waals surface area contributed by atoms with E-state index in [1.54, 1.807) is 13.0 Å². The summed E-state index contributed by atoms with van der Waals surface area (Å²) in [7, 11) is 0. The molecular weight excluding hydrogens is 306 g/mol. The first-order valence-corrected chi connectivity index (χ1v) is 6.87. The van der Waals surface area contributed by atoms with E-state index in [0.717, 1.165) is 12.1 Å². The monoisotopic (exact) mass is 322 g/mol. The molecule has 0 unspecified atom stereocenters. The Bertz CT molecular complexity index is 800. The summed E-state index contributed by atoms with van der Waals surface area (Å²) in [6, 6.07) is 5.69. The number of nitrogens with one attached hydrogen (secondary N) is 2. The van der Waals surface area contributed by atoms with Gasteiger partial charge in [0.2, 0.25) is 0 Å². The lowest BCUT2D eigenvalue weighted by Gasteiger charge is -2.24. The third kappa shape index (κ3) is 3.81. The molecule has 0 fully saturated rings. The molecule has 2 rings (SSSR count). The van der Waals surface area contributed by atoms with Crippen LogP contribution in [-0.2, 0) is 5.60 Å². The topological polar surface area (TPSA) is 82.2 Å². The van der Waals surface area contributed by atoms with Gasteiger partial charge >= 0.3 is 0 Å². The summed E-state index contributed by atoms with van der Waals surface area (Å²) in [5, 5.41) is 12.7. The number of rotatable bonds is 4. The van der Waals surface area contributed by atoms with Gasteiger partial charge in [-0.15, -0.1) is 0 Å². The molecule has 1 amide bonds. The lowest BCUT2D eigenvalue weighted by molar-refractivity contribution is 0.0494. The number of aryl methyl sites for hydroxylation is 1. The van der Waals surface area contributed by atoms with Crippen molar-refractivity contribution in [2.24, 2.45) is 0 Å². The maximum atomic E-state index is 13.7. The van der Waals surface area contributed by atoms with Crippen molar-refractivity contribution < 1.29 is 18.7 Å². The highest BCUT2D eigenvalue weighted by Crippen LogP contribution is 2.23. The fraction of sp³-hybridized carbons (Fsp3) is 0.250. The van der Waals surface area contributed by atoms with E-state index in [2.05, 4.69) is 10.3 Å². The average Bonchev–Trinajstić information content (AvgIpc) is 2.44. The van der Waals surface area contributed by atoms with E-state index in [-0.39, 0.29) is 17.7 Å². The van der Waals surface area contributed by atoms with Crippen molar-refractivity contribution >= 4 is 5.91 Å². The summed E-state index contributed by atoms with van der Waals surface area (Å²) in [4.78, 5) is 26.2. The first-order valence-electron chi connectivity index (χ1n) is 6.87. The van der Waals surface area contributed by atoms with Crippen LogP contribution in [0.5, 0.6) is 0 Å². The number of carbonyl (C=O) groups is 1. The van der Waals surface area contributed by atoms with Gasteiger partial charge in [0.05, 0.1) is 6.54 Å². The maximum absolute atomic E-state index is 13.7. The SMILES string of the molecule is Cc1ccc(C(=O)NC[C@](C)(O)c2ccc(F)cc2F)c(=O)[nH]1. The van der Waals surface area contributed by atoms with Crippen LogP contribution in [0.15, 0.2) is 35.1 Å². The van der Waals surface area contributed by atoms with Crippen LogP contribution in [0.3, 0.4) is 0 Å². The van der Waals surface area contributed by atoms with Crippen molar-refractivity contribution in [3.05, 3.63) is 69.1 Å². The van der Waals surface area contributed by atoms with Gasteiger partial charge in [0.15, 0.2) is 0 Å². The Morgan fingerprint density at radius 3 is 2.61 bits per heavy atom. The molecule has 7 heteroatoms. The second-order valence-electron chi connectivity index (χ2n) is 5.46. The number of amides is 1. The first kappa shape index (κ1) is 16.8. The summed E-state index contributed by atoms with van der Waals surface area (Å²) >= 11 is 0. The highest BCUT2D eigenvalue weighted by Gasteiger charge is 2.28. The van der Waals surface area contributed by atoms with Crippen LogP contribution >= 0.6 is 0 Å². The molecule has 122 valence electrons. The van der Waals surface area contributed by atoms with Gasteiger partial charge in [-0.1, -0.05) is 6.07 Å². The zero-order valence-corrected chi connectivity index (χ0v) is 12.6. The van der Waals surface area contributed by atoms with E-state index >= 15 is 0 Å². The molecule has 0 aliphatic heterocycles. The number of H-pyrrole nitrogens is 1. The normalized spacial score (nSPS) is 13.4. The number of aromatic amines is 1. The number of aliphatic hydroxyl groups is 1. The lowest BCUT2D eigenvalue weighted by Crippen LogP contribution is -2.40. The van der Waals surface area contributed by atoms with Crippen LogP contribution in [-0.4, -0.2) is 22.5 Å². The minimum absolute atomic E-state index is 0.119. The summed E-state index contributed by atoms with van der Waals surface area (Å²) in [6.45, 7) is 2.61. The Balaban J connectivity index is 2.15. The molecule has 0 bridgehead atoms. The molecule has 1 atom stereocenters. The molecule has 1 aromatic carbocycles. The Labute approximate surface area is 131 Å². The second-order valence-corrected chi connectivity index (χ2v) is 5.46. The van der Waals surface area contributed by atoms with E-state index in [1.807, 2.05) is 0 Å². The molecule has 0 aliphatic rings. The number of pyridine rings is 1. The van der Waals surface area contributed by atoms with Crippen molar-refractivity contribution in [1.82, 2.24) is 10.3 Å². The zero-order valence-electron chi connectivity index (χ0n) is 12.6. The number of hydrogen-bond acceptors (Lipinski definition) is 3. The Kier molecular flexibility index (Phi) is 4.60. The van der Waals surface area contributed by atoms with Crippen LogP contribution in [0.4, 0.5) is 8.78 Å². The summed E-state index contributed by atoms with van der Waals surface area (Å²) in [5.41, 5.74) is -1.99. The fourth-order valence-electron chi connectivity index (χ4n) is 2.12. The van der Waals surface area contributed by atoms with Crippen LogP contribution in [0, 0.1) is 18.6 Å². The lowest BCUT2D eigenvalue weighted by atomic mass is 9.95. The highest BCUT2D eigenvalue weighted by atomic mass is 19.1. The minimum atomic E-state index is -1.76. The van der Waals surface area contributed by atoms with Crippen LogP contribution in [0.1, 0.15) is 28.5 Å². The molecule has 3 N–H and O–H groups in total. The highest BCUT2D eigenvalue weighted by molar-refractivity contribution is 5.93. The van der Waals surface area contributed by atoms with Crippen molar-refractivity contribution in [3.63, 3.8) is 0 Å². The van der Waals surface area contributed by atoms with Gasteiger partial charge in [0.25, 0.3) is 11.5 Å². The van der Waals surface area contributed by atoms with Crippen molar-refractivity contribution in [1.29, 1.82) is 0 Å². The Hall–Kier alpha value is -2.54.